The summed E-state index contributed by atoms with van der Waals surface area (Å²) in [5.41, 5.74) is 7.98. The second-order valence-corrected chi connectivity index (χ2v) is 6.62. The molecule has 2 aromatic rings. The number of nitrogens with zero attached hydrogens (tertiary/aromatic N) is 2. The van der Waals surface area contributed by atoms with E-state index in [0.717, 1.165) is 40.0 Å². The van der Waals surface area contributed by atoms with Crippen molar-refractivity contribution >= 4 is 39.9 Å². The van der Waals surface area contributed by atoms with E-state index in [2.05, 4.69) is 52.0 Å². The Balaban J connectivity index is 1.71. The van der Waals surface area contributed by atoms with Gasteiger partial charge in [0.25, 0.3) is 0 Å². The van der Waals surface area contributed by atoms with Crippen LogP contribution in [0.3, 0.4) is 0 Å². The summed E-state index contributed by atoms with van der Waals surface area (Å²) in [6.07, 6.45) is 1.04. The molecule has 0 bridgehead atoms. The number of hydrogen-bond donors (Lipinski definition) is 2. The van der Waals surface area contributed by atoms with E-state index in [1.54, 1.807) is 11.8 Å². The number of rotatable bonds is 4. The van der Waals surface area contributed by atoms with E-state index >= 15 is 0 Å². The molecule has 0 saturated heterocycles. The van der Waals surface area contributed by atoms with E-state index < -0.39 is 0 Å². The predicted octanol–water partition coefficient (Wildman–Crippen LogP) is 3.94. The first-order valence-electron chi connectivity index (χ1n) is 8.15. The van der Waals surface area contributed by atoms with Crippen molar-refractivity contribution in [2.75, 3.05) is 11.1 Å². The van der Waals surface area contributed by atoms with Crippen LogP contribution < -0.4 is 10.7 Å². The van der Waals surface area contributed by atoms with Gasteiger partial charge in [-0.25, -0.2) is 4.99 Å². The van der Waals surface area contributed by atoms with Gasteiger partial charge in [-0.3, -0.25) is 10.2 Å². The third-order valence-corrected chi connectivity index (χ3v) is 4.60. The minimum Gasteiger partial charge on any atom is -0.326 e. The predicted molar refractivity (Wildman–Crippen MR) is 106 cm³/mol. The van der Waals surface area contributed by atoms with Crippen molar-refractivity contribution in [3.05, 3.63) is 59.7 Å². The molecule has 0 unspecified atom stereocenters. The van der Waals surface area contributed by atoms with Crippen molar-refractivity contribution in [2.45, 2.75) is 20.3 Å². The lowest BCUT2D eigenvalue weighted by Crippen LogP contribution is -2.25. The third kappa shape index (κ3) is 4.70. The van der Waals surface area contributed by atoms with Crippen molar-refractivity contribution in [3.8, 4) is 0 Å². The van der Waals surface area contributed by atoms with Crippen molar-refractivity contribution in [2.24, 2.45) is 10.1 Å². The topological polar surface area (TPSA) is 65.8 Å². The summed E-state index contributed by atoms with van der Waals surface area (Å²) in [7, 11) is 0. The van der Waals surface area contributed by atoms with Gasteiger partial charge in [0, 0.05) is 18.4 Å². The molecule has 3 rings (SSSR count). The molecule has 2 aromatic carbocycles. The van der Waals surface area contributed by atoms with E-state index in [9.17, 15) is 4.79 Å². The number of anilines is 1. The van der Waals surface area contributed by atoms with Crippen LogP contribution in [-0.4, -0.2) is 22.5 Å². The maximum absolute atomic E-state index is 11.1. The van der Waals surface area contributed by atoms with Gasteiger partial charge >= 0.3 is 0 Å². The first-order chi connectivity index (χ1) is 12.1. The SMILES string of the molecule is CCc1ccc(C2=NNC(=Nc3cccc(NC(C)=O)c3)SC2)cc1. The lowest BCUT2D eigenvalue weighted by atomic mass is 10.1. The highest BCUT2D eigenvalue weighted by Gasteiger charge is 2.13. The number of hydrogen-bond acceptors (Lipinski definition) is 4. The Morgan fingerprint density at radius 1 is 1.28 bits per heavy atom. The molecular formula is C19H20N4OS. The number of hydrazone groups is 1. The fraction of sp³-hybridized carbons (Fsp3) is 0.211. The van der Waals surface area contributed by atoms with Crippen molar-refractivity contribution in [1.82, 2.24) is 5.43 Å². The normalized spacial score (nSPS) is 15.4. The Kier molecular flexibility index (Phi) is 5.50. The molecule has 0 saturated carbocycles. The minimum atomic E-state index is -0.0988. The summed E-state index contributed by atoms with van der Waals surface area (Å²) < 4.78 is 0. The molecule has 128 valence electrons. The number of amidine groups is 1. The number of nitrogens with one attached hydrogen (secondary N) is 2. The van der Waals surface area contributed by atoms with E-state index in [1.807, 2.05) is 24.3 Å². The Hall–Kier alpha value is -2.60. The molecule has 0 fully saturated rings. The zero-order valence-electron chi connectivity index (χ0n) is 14.2. The molecular weight excluding hydrogens is 332 g/mol. The van der Waals surface area contributed by atoms with Gasteiger partial charge in [-0.2, -0.15) is 5.10 Å². The Morgan fingerprint density at radius 2 is 2.08 bits per heavy atom. The molecule has 6 heteroatoms. The summed E-state index contributed by atoms with van der Waals surface area (Å²) >= 11 is 1.61. The molecule has 0 atom stereocenters. The number of aryl methyl sites for hydroxylation is 1. The highest BCUT2D eigenvalue weighted by Crippen LogP contribution is 2.21. The van der Waals surface area contributed by atoms with Gasteiger partial charge in [-0.05, 0) is 35.7 Å². The lowest BCUT2D eigenvalue weighted by Gasteiger charge is -2.15. The van der Waals surface area contributed by atoms with Crippen LogP contribution in [-0.2, 0) is 11.2 Å². The van der Waals surface area contributed by atoms with Gasteiger partial charge in [0.05, 0.1) is 11.4 Å². The fourth-order valence-corrected chi connectivity index (χ4v) is 3.21. The molecule has 2 N–H and O–H groups in total. The smallest absolute Gasteiger partial charge is 0.221 e. The van der Waals surface area contributed by atoms with Gasteiger partial charge in [-0.1, -0.05) is 49.0 Å². The van der Waals surface area contributed by atoms with Crippen molar-refractivity contribution < 1.29 is 4.79 Å². The Labute approximate surface area is 151 Å². The quantitative estimate of drug-likeness (QED) is 0.876. The van der Waals surface area contributed by atoms with Gasteiger partial charge in [0.15, 0.2) is 5.17 Å². The van der Waals surface area contributed by atoms with E-state index in [0.29, 0.717) is 0 Å². The number of carbonyl (C=O) groups is 1. The zero-order valence-corrected chi connectivity index (χ0v) is 15.1. The molecule has 1 amide bonds. The summed E-state index contributed by atoms with van der Waals surface area (Å²) in [6, 6.07) is 15.9. The summed E-state index contributed by atoms with van der Waals surface area (Å²) in [4.78, 5) is 15.7. The molecule has 5 nitrogen and oxygen atoms in total. The second-order valence-electron chi connectivity index (χ2n) is 5.66. The van der Waals surface area contributed by atoms with Crippen LogP contribution in [0.15, 0.2) is 58.6 Å². The van der Waals surface area contributed by atoms with Crippen molar-refractivity contribution in [3.63, 3.8) is 0 Å². The van der Waals surface area contributed by atoms with Crippen LogP contribution in [0.4, 0.5) is 11.4 Å². The molecule has 25 heavy (non-hydrogen) atoms. The molecule has 0 radical (unpaired) electrons. The van der Waals surface area contributed by atoms with Gasteiger partial charge in [0.1, 0.15) is 0 Å². The summed E-state index contributed by atoms with van der Waals surface area (Å²) in [6.45, 7) is 3.63. The summed E-state index contributed by atoms with van der Waals surface area (Å²) in [5, 5.41) is 7.95. The fourth-order valence-electron chi connectivity index (χ4n) is 2.43. The number of carbonyl (C=O) groups excluding carboxylic acids is 1. The first kappa shape index (κ1) is 17.2. The van der Waals surface area contributed by atoms with Gasteiger partial charge in [0.2, 0.25) is 5.91 Å². The third-order valence-electron chi connectivity index (χ3n) is 3.72. The van der Waals surface area contributed by atoms with Crippen LogP contribution >= 0.6 is 11.8 Å². The van der Waals surface area contributed by atoms with E-state index in [4.69, 9.17) is 0 Å². The van der Waals surface area contributed by atoms with Crippen molar-refractivity contribution in [1.29, 1.82) is 0 Å². The minimum absolute atomic E-state index is 0.0988. The zero-order chi connectivity index (χ0) is 17.6. The highest BCUT2D eigenvalue weighted by atomic mass is 32.2. The van der Waals surface area contributed by atoms with E-state index in [1.165, 1.54) is 12.5 Å². The molecule has 1 aliphatic rings. The summed E-state index contributed by atoms with van der Waals surface area (Å²) in [5.74, 6) is 0.668. The molecule has 1 heterocycles. The maximum Gasteiger partial charge on any atom is 0.221 e. The maximum atomic E-state index is 11.1. The molecule has 0 aliphatic carbocycles. The largest absolute Gasteiger partial charge is 0.326 e. The monoisotopic (exact) mass is 352 g/mol. The van der Waals surface area contributed by atoms with Crippen LogP contribution in [0.1, 0.15) is 25.0 Å². The lowest BCUT2D eigenvalue weighted by molar-refractivity contribution is -0.114. The first-order valence-corrected chi connectivity index (χ1v) is 9.13. The second kappa shape index (κ2) is 7.98. The van der Waals surface area contributed by atoms with Gasteiger partial charge < -0.3 is 5.32 Å². The Morgan fingerprint density at radius 3 is 2.72 bits per heavy atom. The average molecular weight is 352 g/mol. The van der Waals surface area contributed by atoms with Crippen LogP contribution in [0.25, 0.3) is 0 Å². The standard InChI is InChI=1S/C19H20N4OS/c1-3-14-7-9-15(10-8-14)18-12-25-19(23-22-18)21-17-6-4-5-16(11-17)20-13(2)24/h4-11H,3,12H2,1-2H3,(H,20,24)(H,21,23). The van der Waals surface area contributed by atoms with Crippen LogP contribution in [0.5, 0.6) is 0 Å². The average Bonchev–Trinajstić information content (AvgIpc) is 2.62. The molecule has 0 aromatic heterocycles. The highest BCUT2D eigenvalue weighted by molar-refractivity contribution is 8.14. The van der Waals surface area contributed by atoms with Crippen LogP contribution in [0, 0.1) is 0 Å². The van der Waals surface area contributed by atoms with E-state index in [-0.39, 0.29) is 5.91 Å². The number of thioether (sulfide) groups is 1. The molecule has 1 aliphatic heterocycles. The number of aliphatic imine (C=N–C) groups is 1. The van der Waals surface area contributed by atoms with Gasteiger partial charge in [-0.15, -0.1) is 0 Å². The van der Waals surface area contributed by atoms with Crippen LogP contribution in [0.2, 0.25) is 0 Å². The molecule has 0 spiro atoms. The number of amides is 1. The number of benzene rings is 2. The Bertz CT molecular complexity index is 828.